The SMILES string of the molecule is CC(C)NC1(c2ccc(C3(C(C)C)CC3)cc2)CC1. The van der Waals surface area contributed by atoms with E-state index in [0.29, 0.717) is 17.0 Å². The van der Waals surface area contributed by atoms with Crippen LogP contribution in [-0.2, 0) is 11.0 Å². The van der Waals surface area contributed by atoms with Crippen LogP contribution in [0.1, 0.15) is 64.5 Å². The summed E-state index contributed by atoms with van der Waals surface area (Å²) in [7, 11) is 0. The molecule has 104 valence electrons. The van der Waals surface area contributed by atoms with Crippen LogP contribution in [0.4, 0.5) is 0 Å². The second-order valence-electron chi connectivity index (χ2n) is 7.27. The molecule has 3 rings (SSSR count). The number of rotatable bonds is 5. The van der Waals surface area contributed by atoms with Crippen LogP contribution in [0.3, 0.4) is 0 Å². The highest BCUT2D eigenvalue weighted by molar-refractivity contribution is 5.38. The lowest BCUT2D eigenvalue weighted by Gasteiger charge is -2.24. The molecule has 2 saturated carbocycles. The van der Waals surface area contributed by atoms with Gasteiger partial charge in [0, 0.05) is 11.6 Å². The normalized spacial score (nSPS) is 22.8. The average Bonchev–Trinajstić information content (AvgIpc) is 3.23. The molecule has 0 unspecified atom stereocenters. The van der Waals surface area contributed by atoms with Gasteiger partial charge < -0.3 is 5.32 Å². The zero-order valence-corrected chi connectivity index (χ0v) is 12.8. The van der Waals surface area contributed by atoms with Crippen LogP contribution in [-0.4, -0.2) is 6.04 Å². The maximum Gasteiger partial charge on any atom is 0.0438 e. The Labute approximate surface area is 117 Å². The van der Waals surface area contributed by atoms with Crippen molar-refractivity contribution in [1.29, 1.82) is 0 Å². The molecule has 1 heteroatoms. The molecule has 0 amide bonds. The topological polar surface area (TPSA) is 12.0 Å². The molecule has 0 bridgehead atoms. The summed E-state index contributed by atoms with van der Waals surface area (Å²) in [6.45, 7) is 9.21. The Morgan fingerprint density at radius 1 is 0.842 bits per heavy atom. The van der Waals surface area contributed by atoms with E-state index >= 15 is 0 Å². The molecule has 1 N–H and O–H groups in total. The molecule has 0 radical (unpaired) electrons. The predicted octanol–water partition coefficient (Wildman–Crippen LogP) is 4.36. The van der Waals surface area contributed by atoms with Crippen LogP contribution in [0, 0.1) is 5.92 Å². The van der Waals surface area contributed by atoms with E-state index in [-0.39, 0.29) is 0 Å². The van der Waals surface area contributed by atoms with Gasteiger partial charge in [0.05, 0.1) is 0 Å². The van der Waals surface area contributed by atoms with Crippen molar-refractivity contribution in [3.63, 3.8) is 0 Å². The fraction of sp³-hybridized carbons (Fsp3) is 0.667. The Morgan fingerprint density at radius 3 is 1.74 bits per heavy atom. The van der Waals surface area contributed by atoms with Crippen LogP contribution in [0.2, 0.25) is 0 Å². The predicted molar refractivity (Wildman–Crippen MR) is 81.4 cm³/mol. The van der Waals surface area contributed by atoms with Crippen molar-refractivity contribution in [2.75, 3.05) is 0 Å². The first-order valence-electron chi connectivity index (χ1n) is 7.87. The van der Waals surface area contributed by atoms with Gasteiger partial charge in [-0.2, -0.15) is 0 Å². The van der Waals surface area contributed by atoms with Gasteiger partial charge in [-0.05, 0) is 48.1 Å². The molecular formula is C18H27N. The van der Waals surface area contributed by atoms with Gasteiger partial charge in [0.2, 0.25) is 0 Å². The van der Waals surface area contributed by atoms with Crippen LogP contribution < -0.4 is 5.32 Å². The minimum Gasteiger partial charge on any atom is -0.305 e. The van der Waals surface area contributed by atoms with E-state index in [1.807, 2.05) is 0 Å². The van der Waals surface area contributed by atoms with Crippen molar-refractivity contribution in [3.8, 4) is 0 Å². The van der Waals surface area contributed by atoms with Gasteiger partial charge >= 0.3 is 0 Å². The molecule has 0 aromatic heterocycles. The van der Waals surface area contributed by atoms with E-state index < -0.39 is 0 Å². The third kappa shape index (κ3) is 2.23. The Balaban J connectivity index is 1.80. The lowest BCUT2D eigenvalue weighted by atomic mass is 9.84. The van der Waals surface area contributed by atoms with E-state index in [4.69, 9.17) is 0 Å². The molecule has 0 spiro atoms. The van der Waals surface area contributed by atoms with Crippen molar-refractivity contribution in [2.24, 2.45) is 5.92 Å². The molecule has 1 aromatic rings. The second-order valence-corrected chi connectivity index (χ2v) is 7.27. The maximum atomic E-state index is 3.74. The van der Waals surface area contributed by atoms with Gasteiger partial charge in [-0.15, -0.1) is 0 Å². The van der Waals surface area contributed by atoms with Gasteiger partial charge in [-0.3, -0.25) is 0 Å². The molecular weight excluding hydrogens is 230 g/mol. The first kappa shape index (κ1) is 13.2. The van der Waals surface area contributed by atoms with Crippen LogP contribution in [0.25, 0.3) is 0 Å². The Kier molecular flexibility index (Phi) is 3.01. The molecule has 19 heavy (non-hydrogen) atoms. The highest BCUT2D eigenvalue weighted by atomic mass is 15.0. The molecule has 2 fully saturated rings. The van der Waals surface area contributed by atoms with E-state index in [2.05, 4.69) is 57.3 Å². The number of nitrogens with one attached hydrogen (secondary N) is 1. The summed E-state index contributed by atoms with van der Waals surface area (Å²) in [6, 6.07) is 10.1. The highest BCUT2D eigenvalue weighted by Gasteiger charge is 2.48. The molecule has 0 heterocycles. The van der Waals surface area contributed by atoms with E-state index in [1.165, 1.54) is 31.2 Å². The smallest absolute Gasteiger partial charge is 0.0438 e. The summed E-state index contributed by atoms with van der Waals surface area (Å²) in [5.74, 6) is 0.766. The molecule has 1 nitrogen and oxygen atoms in total. The van der Waals surface area contributed by atoms with Crippen molar-refractivity contribution in [3.05, 3.63) is 35.4 Å². The zero-order valence-electron chi connectivity index (χ0n) is 12.8. The fourth-order valence-corrected chi connectivity index (χ4v) is 3.65. The van der Waals surface area contributed by atoms with E-state index in [0.717, 1.165) is 5.92 Å². The average molecular weight is 257 g/mol. The first-order chi connectivity index (χ1) is 8.98. The summed E-state index contributed by atoms with van der Waals surface area (Å²) >= 11 is 0. The Morgan fingerprint density at radius 2 is 1.37 bits per heavy atom. The standard InChI is InChI=1S/C18H27N/c1-13(2)17(9-10-17)15-5-7-16(8-6-15)18(11-12-18)19-14(3)4/h5-8,13-14,19H,9-12H2,1-4H3. The van der Waals surface area contributed by atoms with Gasteiger partial charge in [-0.1, -0.05) is 52.0 Å². The number of hydrogen-bond donors (Lipinski definition) is 1. The van der Waals surface area contributed by atoms with Gasteiger partial charge in [0.25, 0.3) is 0 Å². The van der Waals surface area contributed by atoms with E-state index in [1.54, 1.807) is 5.56 Å². The quantitative estimate of drug-likeness (QED) is 0.826. The van der Waals surface area contributed by atoms with Gasteiger partial charge in [-0.25, -0.2) is 0 Å². The maximum absolute atomic E-state index is 3.74. The monoisotopic (exact) mass is 257 g/mol. The summed E-state index contributed by atoms with van der Waals surface area (Å²) in [5.41, 5.74) is 3.85. The third-order valence-electron chi connectivity index (χ3n) is 5.22. The summed E-state index contributed by atoms with van der Waals surface area (Å²) < 4.78 is 0. The zero-order chi connectivity index (χ0) is 13.7. The second kappa shape index (κ2) is 4.34. The first-order valence-corrected chi connectivity index (χ1v) is 7.87. The number of benzene rings is 1. The molecule has 2 aliphatic carbocycles. The van der Waals surface area contributed by atoms with Crippen LogP contribution in [0.5, 0.6) is 0 Å². The van der Waals surface area contributed by atoms with Gasteiger partial charge in [0.15, 0.2) is 0 Å². The summed E-state index contributed by atoms with van der Waals surface area (Å²) in [5, 5.41) is 3.74. The largest absolute Gasteiger partial charge is 0.305 e. The van der Waals surface area contributed by atoms with Crippen molar-refractivity contribution >= 4 is 0 Å². The molecule has 0 atom stereocenters. The van der Waals surface area contributed by atoms with E-state index in [9.17, 15) is 0 Å². The van der Waals surface area contributed by atoms with Crippen LogP contribution >= 0.6 is 0 Å². The summed E-state index contributed by atoms with van der Waals surface area (Å²) in [6.07, 6.45) is 5.33. The molecule has 2 aliphatic rings. The lowest BCUT2D eigenvalue weighted by molar-refractivity contribution is 0.459. The van der Waals surface area contributed by atoms with Crippen molar-refractivity contribution in [1.82, 2.24) is 5.32 Å². The summed E-state index contributed by atoms with van der Waals surface area (Å²) in [4.78, 5) is 0. The molecule has 1 aromatic carbocycles. The van der Waals surface area contributed by atoms with Crippen molar-refractivity contribution < 1.29 is 0 Å². The van der Waals surface area contributed by atoms with Gasteiger partial charge in [0.1, 0.15) is 0 Å². The minimum absolute atomic E-state index is 0.293. The highest BCUT2D eigenvalue weighted by Crippen LogP contribution is 2.54. The number of hydrogen-bond acceptors (Lipinski definition) is 1. The Bertz CT molecular complexity index is 447. The molecule has 0 saturated heterocycles. The fourth-order valence-electron chi connectivity index (χ4n) is 3.65. The van der Waals surface area contributed by atoms with Crippen LogP contribution in [0.15, 0.2) is 24.3 Å². The third-order valence-corrected chi connectivity index (χ3v) is 5.22. The molecule has 0 aliphatic heterocycles. The van der Waals surface area contributed by atoms with Crippen molar-refractivity contribution in [2.45, 2.75) is 70.4 Å². The Hall–Kier alpha value is -0.820. The minimum atomic E-state index is 0.293. The lowest BCUT2D eigenvalue weighted by Crippen LogP contribution is -2.34.